The van der Waals surface area contributed by atoms with Crippen LogP contribution in [0.3, 0.4) is 0 Å². The molecule has 36 heavy (non-hydrogen) atoms. The third kappa shape index (κ3) is 3.92. The predicted molar refractivity (Wildman–Crippen MR) is 144 cm³/mol. The van der Waals surface area contributed by atoms with E-state index in [0.29, 0.717) is 23.4 Å². The van der Waals surface area contributed by atoms with Gasteiger partial charge in [-0.25, -0.2) is 0 Å². The van der Waals surface area contributed by atoms with Gasteiger partial charge in [0.2, 0.25) is 0 Å². The van der Waals surface area contributed by atoms with Crippen molar-refractivity contribution < 1.29 is 14.3 Å². The average Bonchev–Trinajstić information content (AvgIpc) is 3.18. The summed E-state index contributed by atoms with van der Waals surface area (Å²) in [6.45, 7) is 6.35. The van der Waals surface area contributed by atoms with Gasteiger partial charge in [-0.15, -0.1) is 0 Å². The topological polar surface area (TPSA) is 61.9 Å². The van der Waals surface area contributed by atoms with Crippen molar-refractivity contribution in [2.75, 3.05) is 31.2 Å². The Bertz CT molecular complexity index is 1380. The van der Waals surface area contributed by atoms with Crippen LogP contribution in [0, 0.1) is 0 Å². The molecular weight excluding hydrogens is 470 g/mol. The molecule has 7 heteroatoms. The van der Waals surface area contributed by atoms with Gasteiger partial charge in [0, 0.05) is 37.0 Å². The lowest BCUT2D eigenvalue weighted by molar-refractivity contribution is -0.125. The molecule has 1 N–H and O–H groups in total. The highest BCUT2D eigenvalue weighted by Gasteiger charge is 2.49. The van der Waals surface area contributed by atoms with Crippen molar-refractivity contribution in [3.63, 3.8) is 0 Å². The Morgan fingerprint density at radius 3 is 2.50 bits per heavy atom. The Morgan fingerprint density at radius 1 is 1.00 bits per heavy atom. The van der Waals surface area contributed by atoms with E-state index < -0.39 is 5.54 Å². The minimum atomic E-state index is -0.969. The fourth-order valence-electron chi connectivity index (χ4n) is 5.69. The molecular formula is C29H29N3O3S. The lowest BCUT2D eigenvalue weighted by Crippen LogP contribution is -2.62. The number of hydrogen-bond donors (Lipinski definition) is 1. The first-order valence-electron chi connectivity index (χ1n) is 12.6. The van der Waals surface area contributed by atoms with Crippen LogP contribution in [0.25, 0.3) is 10.8 Å². The smallest absolute Gasteiger partial charge is 0.259 e. The van der Waals surface area contributed by atoms with Gasteiger partial charge in [-0.05, 0) is 54.0 Å². The van der Waals surface area contributed by atoms with E-state index >= 15 is 0 Å². The van der Waals surface area contributed by atoms with Crippen molar-refractivity contribution in [3.05, 3.63) is 76.9 Å². The Labute approximate surface area is 216 Å². The molecule has 0 bridgehead atoms. The number of amides is 2. The predicted octanol–water partition coefficient (Wildman–Crippen LogP) is 4.22. The second-order valence-corrected chi connectivity index (χ2v) is 10.6. The SMILES string of the molecule is C[C@]1(N2C(=O)c3cccc4c(Cc5ccc(CN6CCOCC6)cc5)ccc2c34)CCC(=S)NC1=O. The third-order valence-electron chi connectivity index (χ3n) is 7.79. The number of morpholine rings is 1. The molecule has 2 fully saturated rings. The molecule has 0 aliphatic carbocycles. The second-order valence-electron chi connectivity index (χ2n) is 10.1. The molecule has 184 valence electrons. The molecule has 0 unspecified atom stereocenters. The maximum Gasteiger partial charge on any atom is 0.259 e. The number of piperidine rings is 1. The summed E-state index contributed by atoms with van der Waals surface area (Å²) < 4.78 is 5.45. The van der Waals surface area contributed by atoms with Crippen molar-refractivity contribution in [1.82, 2.24) is 10.2 Å². The van der Waals surface area contributed by atoms with Crippen LogP contribution >= 0.6 is 12.2 Å². The number of carbonyl (C=O) groups excluding carboxylic acids is 2. The Kier molecular flexibility index (Phi) is 5.86. The van der Waals surface area contributed by atoms with Crippen LogP contribution in [0.4, 0.5) is 5.69 Å². The number of anilines is 1. The average molecular weight is 500 g/mol. The molecule has 2 amide bonds. The molecule has 3 aromatic rings. The minimum absolute atomic E-state index is 0.120. The van der Waals surface area contributed by atoms with Crippen LogP contribution in [0.1, 0.15) is 46.8 Å². The lowest BCUT2D eigenvalue weighted by atomic mass is 9.88. The number of benzene rings is 3. The van der Waals surface area contributed by atoms with Gasteiger partial charge in [-0.1, -0.05) is 54.7 Å². The Hall–Kier alpha value is -3.13. The molecule has 3 heterocycles. The van der Waals surface area contributed by atoms with E-state index in [9.17, 15) is 9.59 Å². The highest BCUT2D eigenvalue weighted by Crippen LogP contribution is 2.44. The summed E-state index contributed by atoms with van der Waals surface area (Å²) in [5.41, 5.74) is 4.21. The molecule has 1 atom stereocenters. The molecule has 3 aromatic carbocycles. The zero-order valence-electron chi connectivity index (χ0n) is 20.4. The lowest BCUT2D eigenvalue weighted by Gasteiger charge is -2.40. The van der Waals surface area contributed by atoms with Crippen molar-refractivity contribution in [3.8, 4) is 0 Å². The van der Waals surface area contributed by atoms with Crippen molar-refractivity contribution in [2.45, 2.75) is 38.3 Å². The number of rotatable bonds is 5. The van der Waals surface area contributed by atoms with Gasteiger partial charge in [-0.3, -0.25) is 19.4 Å². The fourth-order valence-corrected chi connectivity index (χ4v) is 5.89. The van der Waals surface area contributed by atoms with Crippen molar-refractivity contribution in [1.29, 1.82) is 0 Å². The van der Waals surface area contributed by atoms with Crippen LogP contribution in [-0.4, -0.2) is 53.5 Å². The maximum absolute atomic E-state index is 13.6. The van der Waals surface area contributed by atoms with Crippen LogP contribution in [0.15, 0.2) is 54.6 Å². The summed E-state index contributed by atoms with van der Waals surface area (Å²) in [5, 5.41) is 4.79. The molecule has 6 nitrogen and oxygen atoms in total. The highest BCUT2D eigenvalue weighted by atomic mass is 32.1. The van der Waals surface area contributed by atoms with E-state index in [-0.39, 0.29) is 11.8 Å². The van der Waals surface area contributed by atoms with E-state index in [1.165, 1.54) is 16.7 Å². The van der Waals surface area contributed by atoms with Gasteiger partial charge >= 0.3 is 0 Å². The van der Waals surface area contributed by atoms with Crippen molar-refractivity contribution >= 4 is 45.5 Å². The molecule has 0 aromatic heterocycles. The number of nitrogens with zero attached hydrogens (tertiary/aromatic N) is 2. The standard InChI is InChI=1S/C29H29N3O3S/c1-29(12-11-25(36)30-28(29)34)32-24-10-9-21(22-3-2-4-23(26(22)24)27(32)33)17-19-5-7-20(8-6-19)18-31-13-15-35-16-14-31/h2-10H,11-18H2,1H3,(H,30,34,36)/t29-/m0/s1. The molecule has 3 aliphatic rings. The maximum atomic E-state index is 13.6. The third-order valence-corrected chi connectivity index (χ3v) is 8.09. The van der Waals surface area contributed by atoms with Crippen LogP contribution in [0.5, 0.6) is 0 Å². The zero-order valence-corrected chi connectivity index (χ0v) is 21.2. The van der Waals surface area contributed by atoms with Crippen LogP contribution in [-0.2, 0) is 22.5 Å². The number of nitrogens with one attached hydrogen (secondary N) is 1. The summed E-state index contributed by atoms with van der Waals surface area (Å²) in [7, 11) is 0. The summed E-state index contributed by atoms with van der Waals surface area (Å²) in [6, 6.07) is 18.8. The van der Waals surface area contributed by atoms with Gasteiger partial charge in [0.25, 0.3) is 11.8 Å². The molecule has 0 radical (unpaired) electrons. The zero-order chi connectivity index (χ0) is 24.9. The first-order valence-corrected chi connectivity index (χ1v) is 13.0. The minimum Gasteiger partial charge on any atom is -0.379 e. The summed E-state index contributed by atoms with van der Waals surface area (Å²) >= 11 is 5.21. The van der Waals surface area contributed by atoms with Gasteiger partial charge < -0.3 is 10.1 Å². The quantitative estimate of drug-likeness (QED) is 0.533. The first kappa shape index (κ1) is 23.3. The molecule has 2 saturated heterocycles. The number of carbonyl (C=O) groups is 2. The van der Waals surface area contributed by atoms with Crippen LogP contribution < -0.4 is 10.2 Å². The first-order chi connectivity index (χ1) is 17.4. The Balaban J connectivity index is 1.29. The molecule has 0 saturated carbocycles. The van der Waals surface area contributed by atoms with Gasteiger partial charge in [0.1, 0.15) is 5.54 Å². The van der Waals surface area contributed by atoms with E-state index in [1.54, 1.807) is 4.90 Å². The fraction of sp³-hybridized carbons (Fsp3) is 0.345. The second kappa shape index (κ2) is 9.07. The number of hydrogen-bond acceptors (Lipinski definition) is 5. The van der Waals surface area contributed by atoms with Gasteiger partial charge in [0.15, 0.2) is 0 Å². The normalized spacial score (nSPS) is 22.4. The van der Waals surface area contributed by atoms with Gasteiger partial charge in [0.05, 0.1) is 23.9 Å². The van der Waals surface area contributed by atoms with Crippen LogP contribution in [0.2, 0.25) is 0 Å². The molecule has 6 rings (SSSR count). The number of ether oxygens (including phenoxy) is 1. The molecule has 3 aliphatic heterocycles. The summed E-state index contributed by atoms with van der Waals surface area (Å²) in [5.74, 6) is -0.333. The van der Waals surface area contributed by atoms with E-state index in [0.717, 1.165) is 55.7 Å². The van der Waals surface area contributed by atoms with E-state index in [4.69, 9.17) is 17.0 Å². The monoisotopic (exact) mass is 499 g/mol. The van der Waals surface area contributed by atoms with E-state index in [1.807, 2.05) is 25.1 Å². The largest absolute Gasteiger partial charge is 0.379 e. The van der Waals surface area contributed by atoms with E-state index in [2.05, 4.69) is 46.6 Å². The Morgan fingerprint density at radius 2 is 1.75 bits per heavy atom. The summed E-state index contributed by atoms with van der Waals surface area (Å²) in [4.78, 5) is 31.2. The highest BCUT2D eigenvalue weighted by molar-refractivity contribution is 7.80. The summed E-state index contributed by atoms with van der Waals surface area (Å²) in [6.07, 6.45) is 1.87. The van der Waals surface area contributed by atoms with Gasteiger partial charge in [-0.2, -0.15) is 0 Å². The van der Waals surface area contributed by atoms with Crippen molar-refractivity contribution in [2.24, 2.45) is 0 Å². The molecule has 0 spiro atoms. The number of thiocarbonyl (C=S) groups is 1.